The Bertz CT molecular complexity index is 3270. The number of H-pyrrole nitrogens is 2. The Labute approximate surface area is 349 Å². The number of hydrogen-bond acceptors (Lipinski definition) is 8. The van der Waals surface area contributed by atoms with Crippen molar-refractivity contribution in [3.05, 3.63) is 176 Å². The molecule has 13 nitrogen and oxygen atoms in total. The van der Waals surface area contributed by atoms with Gasteiger partial charge in [0.2, 0.25) is 10.0 Å². The number of nitrogens with zero attached hydrogens (tertiary/aromatic N) is 5. The average Bonchev–Trinajstić information content (AvgIpc) is 4.10. The third-order valence-electron chi connectivity index (χ3n) is 10.7. The second-order valence-electron chi connectivity index (χ2n) is 14.7. The number of nitro benzene ring substituents is 2. The molecule has 2 aliphatic rings. The molecule has 0 spiro atoms. The summed E-state index contributed by atoms with van der Waals surface area (Å²) < 4.78 is 27.4. The number of aromatic nitrogens is 4. The van der Waals surface area contributed by atoms with E-state index >= 15 is 0 Å². The van der Waals surface area contributed by atoms with Crippen molar-refractivity contribution >= 4 is 67.8 Å². The van der Waals surface area contributed by atoms with E-state index in [4.69, 9.17) is 9.97 Å². The van der Waals surface area contributed by atoms with Crippen LogP contribution in [0.25, 0.3) is 90.9 Å². The minimum atomic E-state index is -3.90. The van der Waals surface area contributed by atoms with Gasteiger partial charge < -0.3 is 9.97 Å². The molecule has 0 amide bonds. The Hall–Kier alpha value is -7.81. The molecule has 5 heterocycles. The van der Waals surface area contributed by atoms with Gasteiger partial charge in [-0.05, 0) is 95.1 Å². The lowest BCUT2D eigenvalue weighted by atomic mass is 10.0. The van der Waals surface area contributed by atoms with Gasteiger partial charge >= 0.3 is 0 Å². The second-order valence-corrected chi connectivity index (χ2v) is 16.9. The Morgan fingerprint density at radius 1 is 0.525 bits per heavy atom. The van der Waals surface area contributed by atoms with Crippen LogP contribution < -0.4 is 0 Å². The van der Waals surface area contributed by atoms with Gasteiger partial charge in [-0.25, -0.2) is 22.7 Å². The number of benzene rings is 4. The van der Waals surface area contributed by atoms with Gasteiger partial charge in [0.1, 0.15) is 0 Å². The lowest BCUT2D eigenvalue weighted by Crippen LogP contribution is -2.24. The van der Waals surface area contributed by atoms with Gasteiger partial charge in [0.15, 0.2) is 0 Å². The molecule has 8 bridgehead atoms. The summed E-state index contributed by atoms with van der Waals surface area (Å²) >= 11 is 0. The Morgan fingerprint density at radius 2 is 0.918 bits per heavy atom. The maximum Gasteiger partial charge on any atom is 0.273 e. The van der Waals surface area contributed by atoms with Gasteiger partial charge in [-0.1, -0.05) is 60.7 Å². The molecule has 0 aliphatic carbocycles. The van der Waals surface area contributed by atoms with E-state index < -0.39 is 25.6 Å². The lowest BCUT2D eigenvalue weighted by Gasteiger charge is -2.13. The van der Waals surface area contributed by atoms with Crippen LogP contribution in [0.4, 0.5) is 11.4 Å². The monoisotopic (exact) mass is 825 g/mol. The molecule has 0 saturated heterocycles. The molecule has 300 valence electrons. The maximum atomic E-state index is 13.2. The van der Waals surface area contributed by atoms with Crippen molar-refractivity contribution in [2.45, 2.75) is 5.75 Å². The van der Waals surface area contributed by atoms with E-state index in [0.29, 0.717) is 56.1 Å². The van der Waals surface area contributed by atoms with Gasteiger partial charge in [0.25, 0.3) is 11.4 Å². The summed E-state index contributed by atoms with van der Waals surface area (Å²) in [6.45, 7) is 0. The molecule has 2 aliphatic heterocycles. The highest BCUT2D eigenvalue weighted by molar-refractivity contribution is 7.88. The summed E-state index contributed by atoms with van der Waals surface area (Å²) in [4.78, 5) is 40.6. The summed E-state index contributed by atoms with van der Waals surface area (Å²) in [6, 6.07) is 38.4. The van der Waals surface area contributed by atoms with Crippen LogP contribution in [0.15, 0.2) is 127 Å². The summed E-state index contributed by atoms with van der Waals surface area (Å²) in [6.07, 6.45) is 7.67. The van der Waals surface area contributed by atoms with Gasteiger partial charge in [-0.2, -0.15) is 0 Å². The van der Waals surface area contributed by atoms with Crippen LogP contribution in [0, 0.1) is 20.2 Å². The lowest BCUT2D eigenvalue weighted by molar-refractivity contribution is -0.385. The first-order chi connectivity index (χ1) is 29.4. The van der Waals surface area contributed by atoms with Crippen molar-refractivity contribution < 1.29 is 18.3 Å². The fourth-order valence-electron chi connectivity index (χ4n) is 7.74. The van der Waals surface area contributed by atoms with Crippen molar-refractivity contribution in [2.75, 3.05) is 14.1 Å². The SMILES string of the molecule is CN(C)S(=O)(=O)Cc1cc(-c2c3nc(c(-c4ccccc4)c4ccc([nH]4)c(-c4ccccc4)c4nc(c(-c5ccc([N+](=O)[O-])cc5)c5ccc2[nH]5)C=C4)C=C3)ccc1[N+](=O)[O-]. The van der Waals surface area contributed by atoms with Crippen LogP contribution in [0.1, 0.15) is 28.3 Å². The molecule has 61 heavy (non-hydrogen) atoms. The van der Waals surface area contributed by atoms with E-state index in [2.05, 4.69) is 9.97 Å². The molecule has 0 saturated carbocycles. The standard InChI is InChI=1S/C47H35N7O6S/c1-52(2)61(59,60)28-33-27-32(15-26-43(33)54(57)58)47-41-24-22-38(50-41)45(30-11-7-4-8-12-30)36-19-18-35(48-36)44(29-9-5-3-6-10-29)37-20-21-39(49-37)46(40-23-25-42(47)51-40)31-13-16-34(17-14-31)53(55)56/h3-27,48,51H,28H2,1-2H3. The largest absolute Gasteiger partial charge is 0.354 e. The van der Waals surface area contributed by atoms with Crippen molar-refractivity contribution in [3.8, 4) is 44.5 Å². The molecule has 9 rings (SSSR count). The number of aromatic amines is 2. The third-order valence-corrected chi connectivity index (χ3v) is 12.5. The number of nitrogens with one attached hydrogen (secondary N) is 2. The number of non-ortho nitro benzene ring substituents is 1. The van der Waals surface area contributed by atoms with E-state index in [1.165, 1.54) is 38.4 Å². The minimum absolute atomic E-state index is 0.0157. The zero-order valence-electron chi connectivity index (χ0n) is 32.7. The van der Waals surface area contributed by atoms with Crippen molar-refractivity contribution in [3.63, 3.8) is 0 Å². The average molecular weight is 826 g/mol. The summed E-state index contributed by atoms with van der Waals surface area (Å²) in [5, 5.41) is 23.9. The number of fused-ring (bicyclic) bond motifs is 8. The van der Waals surface area contributed by atoms with E-state index in [-0.39, 0.29) is 16.9 Å². The molecule has 2 N–H and O–H groups in total. The molecular formula is C47H35N7O6S. The topological polar surface area (TPSA) is 181 Å². The molecule has 14 heteroatoms. The van der Waals surface area contributed by atoms with E-state index in [1.54, 1.807) is 18.2 Å². The molecule has 7 aromatic rings. The van der Waals surface area contributed by atoms with Gasteiger partial charge in [-0.3, -0.25) is 20.2 Å². The number of hydrogen-bond donors (Lipinski definition) is 2. The summed E-state index contributed by atoms with van der Waals surface area (Å²) in [5.74, 6) is -0.598. The second kappa shape index (κ2) is 15.4. The number of nitro groups is 2. The summed E-state index contributed by atoms with van der Waals surface area (Å²) in [7, 11) is -1.13. The van der Waals surface area contributed by atoms with Crippen LogP contribution in [-0.4, -0.2) is 56.6 Å². The molecular weight excluding hydrogens is 791 g/mol. The normalized spacial score (nSPS) is 12.2. The smallest absolute Gasteiger partial charge is 0.273 e. The van der Waals surface area contributed by atoms with Gasteiger partial charge in [-0.15, -0.1) is 0 Å². The Balaban J connectivity index is 1.44. The zero-order chi connectivity index (χ0) is 42.4. The van der Waals surface area contributed by atoms with E-state index in [1.807, 2.05) is 109 Å². The van der Waals surface area contributed by atoms with Crippen LogP contribution in [0.5, 0.6) is 0 Å². The Morgan fingerprint density at radius 3 is 1.31 bits per heavy atom. The van der Waals surface area contributed by atoms with Crippen LogP contribution in [0.2, 0.25) is 0 Å². The molecule has 4 aromatic carbocycles. The first-order valence-corrected chi connectivity index (χ1v) is 20.8. The third kappa shape index (κ3) is 7.30. The highest BCUT2D eigenvalue weighted by Gasteiger charge is 2.25. The van der Waals surface area contributed by atoms with Crippen LogP contribution in [0.3, 0.4) is 0 Å². The Kier molecular flexibility index (Phi) is 9.78. The zero-order valence-corrected chi connectivity index (χ0v) is 33.6. The molecule has 3 aromatic heterocycles. The van der Waals surface area contributed by atoms with Gasteiger partial charge in [0, 0.05) is 82.2 Å². The minimum Gasteiger partial charge on any atom is -0.354 e. The quantitative estimate of drug-likeness (QED) is 0.106. The molecule has 0 radical (unpaired) electrons. The van der Waals surface area contributed by atoms with E-state index in [9.17, 15) is 28.6 Å². The van der Waals surface area contributed by atoms with Crippen molar-refractivity contribution in [1.82, 2.24) is 24.2 Å². The predicted octanol–water partition coefficient (Wildman–Crippen LogP) is 10.5. The predicted molar refractivity (Wildman–Crippen MR) is 240 cm³/mol. The van der Waals surface area contributed by atoms with E-state index in [0.717, 1.165) is 37.6 Å². The van der Waals surface area contributed by atoms with Crippen LogP contribution in [-0.2, 0) is 15.8 Å². The number of sulfonamides is 1. The fourth-order valence-corrected chi connectivity index (χ4v) is 8.62. The maximum absolute atomic E-state index is 13.2. The van der Waals surface area contributed by atoms with Crippen molar-refractivity contribution in [1.29, 1.82) is 0 Å². The first-order valence-electron chi connectivity index (χ1n) is 19.1. The first kappa shape index (κ1) is 38.7. The number of rotatable bonds is 9. The van der Waals surface area contributed by atoms with Crippen molar-refractivity contribution in [2.24, 2.45) is 0 Å². The van der Waals surface area contributed by atoms with Crippen LogP contribution >= 0.6 is 0 Å². The molecule has 0 unspecified atom stereocenters. The highest BCUT2D eigenvalue weighted by Crippen LogP contribution is 2.39. The highest BCUT2D eigenvalue weighted by atomic mass is 32.2. The molecule has 0 atom stereocenters. The fraction of sp³-hybridized carbons (Fsp3) is 0.0638. The summed E-state index contributed by atoms with van der Waals surface area (Å²) in [5.41, 5.74) is 10.8. The van der Waals surface area contributed by atoms with Gasteiger partial charge in [0.05, 0.1) is 38.4 Å². The molecule has 0 fully saturated rings.